The third kappa shape index (κ3) is 4.10. The maximum atomic E-state index is 12.6. The van der Waals surface area contributed by atoms with Gasteiger partial charge in [0.15, 0.2) is 12.4 Å². The molecule has 1 aromatic heterocycles. The molecule has 1 amide bonds. The Bertz CT molecular complexity index is 960. The van der Waals surface area contributed by atoms with Crippen molar-refractivity contribution in [2.24, 2.45) is 11.1 Å². The summed E-state index contributed by atoms with van der Waals surface area (Å²) in [5, 5.41) is 3.85. The number of pyridine rings is 1. The van der Waals surface area contributed by atoms with Crippen LogP contribution >= 0.6 is 23.2 Å². The van der Waals surface area contributed by atoms with E-state index in [4.69, 9.17) is 33.7 Å². The second-order valence-corrected chi connectivity index (χ2v) is 8.89. The zero-order chi connectivity index (χ0) is 20.6. The molecule has 2 aromatic rings. The monoisotopic (exact) mass is 433 g/mol. The van der Waals surface area contributed by atoms with E-state index < -0.39 is 0 Å². The van der Waals surface area contributed by atoms with Gasteiger partial charge in [-0.3, -0.25) is 14.6 Å². The van der Waals surface area contributed by atoms with E-state index in [2.05, 4.69) is 10.3 Å². The molecule has 0 unspecified atom stereocenters. The van der Waals surface area contributed by atoms with Crippen molar-refractivity contribution in [3.05, 3.63) is 57.8 Å². The number of nitrogens with zero attached hydrogens (tertiary/aromatic N) is 1. The Morgan fingerprint density at radius 1 is 1.14 bits per heavy atom. The van der Waals surface area contributed by atoms with Crippen LogP contribution in [0.25, 0.3) is 0 Å². The van der Waals surface area contributed by atoms with Gasteiger partial charge in [0, 0.05) is 30.8 Å². The summed E-state index contributed by atoms with van der Waals surface area (Å²) in [7, 11) is 0. The lowest BCUT2D eigenvalue weighted by Crippen LogP contribution is -2.75. The fourth-order valence-electron chi connectivity index (χ4n) is 4.55. The number of nitrogens with two attached hydrogens (primary N) is 1. The molecule has 0 saturated heterocycles. The van der Waals surface area contributed by atoms with Crippen LogP contribution in [0, 0.1) is 5.41 Å². The van der Waals surface area contributed by atoms with E-state index in [1.807, 2.05) is 6.07 Å². The van der Waals surface area contributed by atoms with Crippen LogP contribution in [-0.2, 0) is 11.3 Å². The highest BCUT2D eigenvalue weighted by Gasteiger charge is 2.68. The van der Waals surface area contributed by atoms with Crippen molar-refractivity contribution in [3.8, 4) is 5.75 Å². The van der Waals surface area contributed by atoms with Crippen molar-refractivity contribution in [1.82, 2.24) is 10.3 Å². The van der Waals surface area contributed by atoms with Crippen LogP contribution < -0.4 is 15.8 Å². The number of carbonyl (C=O) groups is 2. The van der Waals surface area contributed by atoms with Gasteiger partial charge in [-0.15, -0.1) is 0 Å². The van der Waals surface area contributed by atoms with Gasteiger partial charge in [0.25, 0.3) is 5.91 Å². The van der Waals surface area contributed by atoms with Crippen molar-refractivity contribution in [3.63, 3.8) is 0 Å². The van der Waals surface area contributed by atoms with Crippen molar-refractivity contribution in [1.29, 1.82) is 0 Å². The molecule has 3 aliphatic rings. The second kappa shape index (κ2) is 7.59. The molecule has 3 aliphatic carbocycles. The van der Waals surface area contributed by atoms with Gasteiger partial charge in [-0.1, -0.05) is 23.2 Å². The maximum Gasteiger partial charge on any atom is 0.258 e. The van der Waals surface area contributed by atoms with E-state index in [9.17, 15) is 9.59 Å². The zero-order valence-electron chi connectivity index (χ0n) is 15.7. The normalized spacial score (nSPS) is 24.2. The lowest BCUT2D eigenvalue weighted by molar-refractivity contribution is -0.164. The number of amides is 1. The summed E-state index contributed by atoms with van der Waals surface area (Å²) in [6, 6.07) is 8.43. The van der Waals surface area contributed by atoms with E-state index in [0.29, 0.717) is 34.5 Å². The first-order valence-corrected chi connectivity index (χ1v) is 10.1. The Morgan fingerprint density at radius 3 is 2.59 bits per heavy atom. The number of aromatic nitrogens is 1. The summed E-state index contributed by atoms with van der Waals surface area (Å²) < 4.78 is 5.48. The molecular formula is C21H21Cl2N3O3. The second-order valence-electron chi connectivity index (χ2n) is 8.08. The van der Waals surface area contributed by atoms with Crippen molar-refractivity contribution < 1.29 is 14.3 Å². The number of Topliss-reactive ketones (excluding diaryl/α,β-unsaturated/α-hetero) is 1. The van der Waals surface area contributed by atoms with E-state index in [1.54, 1.807) is 30.5 Å². The van der Waals surface area contributed by atoms with E-state index in [-0.39, 0.29) is 29.3 Å². The molecule has 3 saturated carbocycles. The molecule has 1 heterocycles. The van der Waals surface area contributed by atoms with Gasteiger partial charge in [0.2, 0.25) is 0 Å². The Kier molecular flexibility index (Phi) is 5.27. The third-order valence-electron chi connectivity index (χ3n) is 5.69. The highest BCUT2D eigenvalue weighted by Crippen LogP contribution is 2.69. The van der Waals surface area contributed by atoms with Crippen molar-refractivity contribution >= 4 is 34.9 Å². The molecule has 0 atom stereocenters. The zero-order valence-corrected chi connectivity index (χ0v) is 17.2. The summed E-state index contributed by atoms with van der Waals surface area (Å²) in [4.78, 5) is 29.0. The van der Waals surface area contributed by atoms with Crippen LogP contribution in [-0.4, -0.2) is 28.8 Å². The number of hydrogen-bond donors (Lipinski definition) is 2. The number of nitrogens with one attached hydrogen (secondary N) is 1. The quantitative estimate of drug-likeness (QED) is 0.620. The predicted octanol–water partition coefficient (Wildman–Crippen LogP) is 3.54. The van der Waals surface area contributed by atoms with Crippen molar-refractivity contribution in [2.75, 3.05) is 6.61 Å². The number of ketones is 1. The molecule has 29 heavy (non-hydrogen) atoms. The lowest BCUT2D eigenvalue weighted by Gasteiger charge is -2.70. The van der Waals surface area contributed by atoms with Crippen LogP contribution in [0.2, 0.25) is 10.0 Å². The van der Waals surface area contributed by atoms with Gasteiger partial charge >= 0.3 is 0 Å². The van der Waals surface area contributed by atoms with E-state index in [1.165, 1.54) is 0 Å². The molecule has 152 valence electrons. The maximum absolute atomic E-state index is 12.6. The number of rotatable bonds is 8. The highest BCUT2D eigenvalue weighted by atomic mass is 35.5. The van der Waals surface area contributed by atoms with Crippen LogP contribution in [0.5, 0.6) is 5.75 Å². The summed E-state index contributed by atoms with van der Waals surface area (Å²) in [5.41, 5.74) is 6.77. The smallest absolute Gasteiger partial charge is 0.258 e. The highest BCUT2D eigenvalue weighted by molar-refractivity contribution is 6.42. The predicted molar refractivity (Wildman–Crippen MR) is 110 cm³/mol. The van der Waals surface area contributed by atoms with Crippen LogP contribution in [0.15, 0.2) is 36.5 Å². The number of benzene rings is 1. The van der Waals surface area contributed by atoms with Gasteiger partial charge in [-0.2, -0.15) is 0 Å². The lowest BCUT2D eigenvalue weighted by atomic mass is 9.38. The number of halogens is 2. The standard InChI is InChI=1S/C21H21Cl2N3O3/c22-15-2-1-14(6-16(15)23)29-9-19(28)26-21-10-20(11-21,12-21)7-18(27)17-5-13(8-24)3-4-25-17/h1-6H,7-12,24H2,(H,26,28). The summed E-state index contributed by atoms with van der Waals surface area (Å²) >= 11 is 11.8. The van der Waals surface area contributed by atoms with Crippen LogP contribution in [0.3, 0.4) is 0 Å². The number of ether oxygens (including phenoxy) is 1. The molecule has 0 radical (unpaired) electrons. The minimum atomic E-state index is -0.203. The van der Waals surface area contributed by atoms with E-state index in [0.717, 1.165) is 24.8 Å². The molecule has 3 N–H and O–H groups in total. The minimum absolute atomic E-state index is 0.0185. The van der Waals surface area contributed by atoms with Gasteiger partial charge < -0.3 is 15.8 Å². The number of carbonyl (C=O) groups excluding carboxylic acids is 2. The molecule has 1 aromatic carbocycles. The minimum Gasteiger partial charge on any atom is -0.484 e. The first-order chi connectivity index (χ1) is 13.8. The Hall–Kier alpha value is -2.15. The number of hydrogen-bond acceptors (Lipinski definition) is 5. The molecule has 8 heteroatoms. The molecule has 2 bridgehead atoms. The molecule has 3 fully saturated rings. The summed E-state index contributed by atoms with van der Waals surface area (Å²) in [6.45, 7) is 0.287. The van der Waals surface area contributed by atoms with E-state index >= 15 is 0 Å². The molecular weight excluding hydrogens is 413 g/mol. The third-order valence-corrected chi connectivity index (χ3v) is 6.43. The first kappa shape index (κ1) is 20.1. The van der Waals surface area contributed by atoms with Crippen LogP contribution in [0.1, 0.15) is 41.7 Å². The average Bonchev–Trinajstić information content (AvgIpc) is 2.66. The summed E-state index contributed by atoms with van der Waals surface area (Å²) in [5.74, 6) is 0.331. The largest absolute Gasteiger partial charge is 0.484 e. The fraction of sp³-hybridized carbons (Fsp3) is 0.381. The van der Waals surface area contributed by atoms with Crippen molar-refractivity contribution in [2.45, 2.75) is 37.8 Å². The summed E-state index contributed by atoms with van der Waals surface area (Å²) in [6.07, 6.45) is 4.49. The molecule has 0 spiro atoms. The Labute approximate surface area is 178 Å². The molecule has 6 nitrogen and oxygen atoms in total. The van der Waals surface area contributed by atoms with Gasteiger partial charge in [-0.05, 0) is 54.5 Å². The van der Waals surface area contributed by atoms with Crippen LogP contribution in [0.4, 0.5) is 0 Å². The van der Waals surface area contributed by atoms with Gasteiger partial charge in [-0.25, -0.2) is 0 Å². The first-order valence-electron chi connectivity index (χ1n) is 9.39. The Balaban J connectivity index is 1.24. The van der Waals surface area contributed by atoms with Gasteiger partial charge in [0.05, 0.1) is 10.0 Å². The van der Waals surface area contributed by atoms with Gasteiger partial charge in [0.1, 0.15) is 11.4 Å². The topological polar surface area (TPSA) is 94.3 Å². The molecule has 5 rings (SSSR count). The molecule has 0 aliphatic heterocycles. The average molecular weight is 434 g/mol. The SMILES string of the molecule is NCc1ccnc(C(=O)CC23CC(NC(=O)COc4ccc(Cl)c(Cl)c4)(C2)C3)c1. The fourth-order valence-corrected chi connectivity index (χ4v) is 4.84. The Morgan fingerprint density at radius 2 is 1.90 bits per heavy atom.